The molecule has 0 spiro atoms. The van der Waals surface area contributed by atoms with Gasteiger partial charge in [-0.25, -0.2) is 4.57 Å². The molecule has 1 saturated carbocycles. The van der Waals surface area contributed by atoms with Crippen molar-refractivity contribution >= 4 is 19.8 Å². The van der Waals surface area contributed by atoms with Crippen LogP contribution in [0.1, 0.15) is 155 Å². The molecule has 0 bridgehead atoms. The number of allylic oxidation sites excluding steroid dienone is 2. The van der Waals surface area contributed by atoms with Crippen molar-refractivity contribution in [1.29, 1.82) is 0 Å². The summed E-state index contributed by atoms with van der Waals surface area (Å²) in [6.07, 6.45) is 13.1. The van der Waals surface area contributed by atoms with E-state index in [0.29, 0.717) is 12.8 Å². The standard InChI is InChI=1S/C37H69O13P/c1-3-5-7-9-11-12-13-14-15-16-17-18-20-22-24-26-31(39)49-29(27-47-30(38)25-23-21-19-10-8-6-4-2)28-48-51(45,46)50-37-35(43)33(41)32(40)34(42)36(37)44/h9,11,29,32-37,40-44H,3-8,10,12-28H2,1-2H3,(H,45,46)/b11-9+/t29-,32?,33-,34?,35?,36?,37?/m1/s1. The summed E-state index contributed by atoms with van der Waals surface area (Å²) in [6.45, 7) is 3.18. The smallest absolute Gasteiger partial charge is 0.462 e. The molecule has 0 aromatic carbocycles. The van der Waals surface area contributed by atoms with E-state index in [1.165, 1.54) is 51.4 Å². The minimum Gasteiger partial charge on any atom is -0.462 e. The van der Waals surface area contributed by atoms with Crippen molar-refractivity contribution in [3.8, 4) is 0 Å². The van der Waals surface area contributed by atoms with Crippen molar-refractivity contribution in [2.75, 3.05) is 13.2 Å². The molecule has 0 saturated heterocycles. The van der Waals surface area contributed by atoms with Gasteiger partial charge in [0.25, 0.3) is 0 Å². The molecule has 0 aromatic rings. The highest BCUT2D eigenvalue weighted by Crippen LogP contribution is 2.47. The average molecular weight is 753 g/mol. The van der Waals surface area contributed by atoms with Crippen LogP contribution in [0, 0.1) is 0 Å². The Labute approximate surface area is 305 Å². The lowest BCUT2D eigenvalue weighted by Crippen LogP contribution is -2.64. The molecule has 1 fully saturated rings. The van der Waals surface area contributed by atoms with Crippen LogP contribution in [0.25, 0.3) is 0 Å². The van der Waals surface area contributed by atoms with Crippen LogP contribution in [0.15, 0.2) is 12.2 Å². The number of unbranched alkanes of at least 4 members (excludes halogenated alkanes) is 17. The third-order valence-electron chi connectivity index (χ3n) is 9.11. The maximum absolute atomic E-state index is 12.7. The molecule has 1 aliphatic carbocycles. The van der Waals surface area contributed by atoms with Gasteiger partial charge in [0.15, 0.2) is 6.10 Å². The second kappa shape index (κ2) is 29.0. The summed E-state index contributed by atoms with van der Waals surface area (Å²) in [4.78, 5) is 35.3. The first-order valence-corrected chi connectivity index (χ1v) is 21.0. The highest BCUT2D eigenvalue weighted by atomic mass is 31.2. The maximum Gasteiger partial charge on any atom is 0.472 e. The molecule has 1 rings (SSSR count). The third-order valence-corrected chi connectivity index (χ3v) is 10.1. The van der Waals surface area contributed by atoms with Gasteiger partial charge in [0.2, 0.25) is 0 Å². The van der Waals surface area contributed by atoms with Gasteiger partial charge in [0.1, 0.15) is 43.2 Å². The summed E-state index contributed by atoms with van der Waals surface area (Å²) in [6, 6.07) is 0. The van der Waals surface area contributed by atoms with E-state index in [2.05, 4.69) is 26.0 Å². The highest BCUT2D eigenvalue weighted by Gasteiger charge is 2.51. The molecular weight excluding hydrogens is 683 g/mol. The van der Waals surface area contributed by atoms with Crippen LogP contribution in [-0.4, -0.2) is 98.3 Å². The zero-order valence-electron chi connectivity index (χ0n) is 31.2. The maximum atomic E-state index is 12.7. The van der Waals surface area contributed by atoms with Gasteiger partial charge >= 0.3 is 19.8 Å². The van der Waals surface area contributed by atoms with Crippen molar-refractivity contribution in [3.05, 3.63) is 12.2 Å². The summed E-state index contributed by atoms with van der Waals surface area (Å²) in [5.74, 6) is -1.11. The number of phosphoric acid groups is 1. The lowest BCUT2D eigenvalue weighted by Gasteiger charge is -2.41. The molecule has 13 nitrogen and oxygen atoms in total. The van der Waals surface area contributed by atoms with Gasteiger partial charge in [-0.3, -0.25) is 18.6 Å². The first-order chi connectivity index (χ1) is 24.4. The van der Waals surface area contributed by atoms with Crippen LogP contribution in [0.4, 0.5) is 0 Å². The van der Waals surface area contributed by atoms with E-state index in [9.17, 15) is 44.6 Å². The van der Waals surface area contributed by atoms with Crippen LogP contribution >= 0.6 is 7.82 Å². The first kappa shape index (κ1) is 47.6. The highest BCUT2D eigenvalue weighted by molar-refractivity contribution is 7.47. The lowest BCUT2D eigenvalue weighted by atomic mass is 9.85. The van der Waals surface area contributed by atoms with Crippen LogP contribution in [0.3, 0.4) is 0 Å². The molecule has 0 aliphatic heterocycles. The number of aliphatic hydroxyl groups excluding tert-OH is 5. The van der Waals surface area contributed by atoms with E-state index in [1.54, 1.807) is 0 Å². The molecule has 8 atom stereocenters. The second-order valence-corrected chi connectivity index (χ2v) is 15.2. The van der Waals surface area contributed by atoms with E-state index in [1.807, 2.05) is 0 Å². The van der Waals surface area contributed by atoms with Gasteiger partial charge in [0, 0.05) is 12.8 Å². The molecule has 1 aliphatic rings. The van der Waals surface area contributed by atoms with Gasteiger partial charge < -0.3 is 39.9 Å². The average Bonchev–Trinajstić information content (AvgIpc) is 3.10. The molecule has 300 valence electrons. The fraction of sp³-hybridized carbons (Fsp3) is 0.892. The SMILES string of the molecule is CCCC/C=C/CCCCCCCCCCCC(=O)O[C@H](COC(=O)CCCCCCCCC)COP(=O)(O)OC1C(O)C(O)C(O)[C@@H](O)C1O. The van der Waals surface area contributed by atoms with Crippen LogP contribution in [-0.2, 0) is 32.7 Å². The van der Waals surface area contributed by atoms with Crippen molar-refractivity contribution in [1.82, 2.24) is 0 Å². The van der Waals surface area contributed by atoms with Crippen molar-refractivity contribution in [2.24, 2.45) is 0 Å². The van der Waals surface area contributed by atoms with Crippen molar-refractivity contribution < 1.29 is 63.1 Å². The topological polar surface area (TPSA) is 210 Å². The third kappa shape index (κ3) is 22.4. The Morgan fingerprint density at radius 1 is 0.588 bits per heavy atom. The van der Waals surface area contributed by atoms with Gasteiger partial charge in [-0.05, 0) is 32.1 Å². The summed E-state index contributed by atoms with van der Waals surface area (Å²) in [5, 5.41) is 49.8. The Morgan fingerprint density at radius 2 is 1.02 bits per heavy atom. The van der Waals surface area contributed by atoms with E-state index < -0.39 is 75.7 Å². The second-order valence-electron chi connectivity index (χ2n) is 13.8. The zero-order valence-corrected chi connectivity index (χ0v) is 32.0. The normalized spacial score (nSPS) is 24.0. The molecule has 0 heterocycles. The van der Waals surface area contributed by atoms with E-state index in [4.69, 9.17) is 18.5 Å². The number of rotatable bonds is 31. The van der Waals surface area contributed by atoms with E-state index in [-0.39, 0.29) is 12.8 Å². The van der Waals surface area contributed by atoms with Gasteiger partial charge in [-0.15, -0.1) is 0 Å². The Morgan fingerprint density at radius 3 is 1.55 bits per heavy atom. The summed E-state index contributed by atoms with van der Waals surface area (Å²) in [7, 11) is -5.10. The van der Waals surface area contributed by atoms with Crippen LogP contribution in [0.5, 0.6) is 0 Å². The number of aliphatic hydroxyl groups is 5. The van der Waals surface area contributed by atoms with Crippen molar-refractivity contribution in [2.45, 2.75) is 198 Å². The van der Waals surface area contributed by atoms with Crippen LogP contribution in [0.2, 0.25) is 0 Å². The number of carbonyl (C=O) groups is 2. The van der Waals surface area contributed by atoms with E-state index >= 15 is 0 Å². The Bertz CT molecular complexity index is 964. The minimum atomic E-state index is -5.10. The Hall–Kier alpha value is -1.41. The minimum absolute atomic E-state index is 0.0973. The van der Waals surface area contributed by atoms with Gasteiger partial charge in [-0.2, -0.15) is 0 Å². The molecule has 14 heteroatoms. The molecule has 0 amide bonds. The molecule has 51 heavy (non-hydrogen) atoms. The molecular formula is C37H69O13P. The number of phosphoric ester groups is 1. The predicted molar refractivity (Wildman–Crippen MR) is 194 cm³/mol. The van der Waals surface area contributed by atoms with E-state index in [0.717, 1.165) is 64.2 Å². The summed E-state index contributed by atoms with van der Waals surface area (Å²) < 4.78 is 33.2. The fourth-order valence-electron chi connectivity index (χ4n) is 5.86. The molecule has 6 N–H and O–H groups in total. The summed E-state index contributed by atoms with van der Waals surface area (Å²) in [5.41, 5.74) is 0. The number of hydrogen-bond acceptors (Lipinski definition) is 12. The molecule has 0 radical (unpaired) electrons. The quantitative estimate of drug-likeness (QED) is 0.0210. The Balaban J connectivity index is 2.50. The Kier molecular flexibility index (Phi) is 27.1. The monoisotopic (exact) mass is 752 g/mol. The fourth-order valence-corrected chi connectivity index (χ4v) is 6.83. The largest absolute Gasteiger partial charge is 0.472 e. The molecule has 6 unspecified atom stereocenters. The lowest BCUT2D eigenvalue weighted by molar-refractivity contribution is -0.220. The zero-order chi connectivity index (χ0) is 37.9. The predicted octanol–water partition coefficient (Wildman–Crippen LogP) is 5.94. The van der Waals surface area contributed by atoms with Gasteiger partial charge in [0.05, 0.1) is 6.61 Å². The first-order valence-electron chi connectivity index (χ1n) is 19.5. The number of ether oxygens (including phenoxy) is 2. The number of hydrogen-bond donors (Lipinski definition) is 6. The summed E-state index contributed by atoms with van der Waals surface area (Å²) >= 11 is 0. The van der Waals surface area contributed by atoms with Crippen LogP contribution < -0.4 is 0 Å². The molecule has 0 aromatic heterocycles. The van der Waals surface area contributed by atoms with Gasteiger partial charge in [-0.1, -0.05) is 122 Å². The number of esters is 2. The number of carbonyl (C=O) groups excluding carboxylic acids is 2. The van der Waals surface area contributed by atoms with Crippen molar-refractivity contribution in [3.63, 3.8) is 0 Å².